The van der Waals surface area contributed by atoms with Crippen LogP contribution < -0.4 is 10.2 Å². The molecule has 0 aliphatic carbocycles. The van der Waals surface area contributed by atoms with Crippen molar-refractivity contribution in [3.63, 3.8) is 0 Å². The number of carbonyl (C=O) groups is 1. The van der Waals surface area contributed by atoms with Gasteiger partial charge in [-0.25, -0.2) is 0 Å². The Morgan fingerprint density at radius 3 is 2.73 bits per heavy atom. The summed E-state index contributed by atoms with van der Waals surface area (Å²) in [4.78, 5) is 16.5. The Morgan fingerprint density at radius 1 is 1.23 bits per heavy atom. The average molecular weight is 303 g/mol. The predicted molar refractivity (Wildman–Crippen MR) is 92.1 cm³/mol. The smallest absolute Gasteiger partial charge is 0.223 e. The molecule has 0 radical (unpaired) electrons. The summed E-state index contributed by atoms with van der Waals surface area (Å²) >= 11 is 0. The molecule has 4 nitrogen and oxygen atoms in total. The minimum absolute atomic E-state index is 0.127. The van der Waals surface area contributed by atoms with Gasteiger partial charge in [0.15, 0.2) is 0 Å². The Balaban J connectivity index is 2.14. The van der Waals surface area contributed by atoms with E-state index in [0.29, 0.717) is 5.92 Å². The van der Waals surface area contributed by atoms with E-state index in [-0.39, 0.29) is 5.91 Å². The zero-order chi connectivity index (χ0) is 15.9. The predicted octanol–water partition coefficient (Wildman–Crippen LogP) is 2.49. The van der Waals surface area contributed by atoms with Crippen LogP contribution in [0.2, 0.25) is 0 Å². The molecule has 1 N–H and O–H groups in total. The van der Waals surface area contributed by atoms with Crippen LogP contribution in [0.1, 0.15) is 32.8 Å². The number of carbonyl (C=O) groups excluding carboxylic acids is 1. The van der Waals surface area contributed by atoms with Crippen LogP contribution in [-0.4, -0.2) is 43.5 Å². The molecule has 22 heavy (non-hydrogen) atoms. The molecule has 0 saturated heterocycles. The van der Waals surface area contributed by atoms with Gasteiger partial charge >= 0.3 is 0 Å². The van der Waals surface area contributed by atoms with Crippen molar-refractivity contribution in [1.82, 2.24) is 10.2 Å². The van der Waals surface area contributed by atoms with Crippen molar-refractivity contribution < 1.29 is 4.79 Å². The summed E-state index contributed by atoms with van der Waals surface area (Å²) < 4.78 is 0. The maximum atomic E-state index is 12.1. The molecule has 0 spiro atoms. The molecule has 0 unspecified atom stereocenters. The highest BCUT2D eigenvalue weighted by atomic mass is 16.2. The van der Waals surface area contributed by atoms with Crippen molar-refractivity contribution in [3.8, 4) is 0 Å². The van der Waals surface area contributed by atoms with E-state index in [1.165, 1.54) is 5.56 Å². The van der Waals surface area contributed by atoms with Gasteiger partial charge in [0.05, 0.1) is 0 Å². The maximum absolute atomic E-state index is 12.1. The fourth-order valence-electron chi connectivity index (χ4n) is 3.09. The first kappa shape index (κ1) is 17.0. The van der Waals surface area contributed by atoms with Gasteiger partial charge in [-0.05, 0) is 30.5 Å². The molecule has 1 aliphatic rings. The van der Waals surface area contributed by atoms with Gasteiger partial charge in [0, 0.05) is 45.3 Å². The Hall–Kier alpha value is -1.39. The van der Waals surface area contributed by atoms with E-state index in [4.69, 9.17) is 0 Å². The first-order valence-electron chi connectivity index (χ1n) is 8.37. The Morgan fingerprint density at radius 2 is 2.00 bits per heavy atom. The van der Waals surface area contributed by atoms with Crippen molar-refractivity contribution >= 4 is 11.6 Å². The van der Waals surface area contributed by atoms with Crippen molar-refractivity contribution in [2.75, 3.05) is 37.6 Å². The third-order valence-electron chi connectivity index (χ3n) is 4.06. The molecule has 1 amide bonds. The highest BCUT2D eigenvalue weighted by molar-refractivity contribution is 5.92. The lowest BCUT2D eigenvalue weighted by Crippen LogP contribution is -2.36. The van der Waals surface area contributed by atoms with Crippen LogP contribution >= 0.6 is 0 Å². The van der Waals surface area contributed by atoms with Gasteiger partial charge in [0.1, 0.15) is 0 Å². The lowest BCUT2D eigenvalue weighted by molar-refractivity contribution is -0.116. The normalized spacial score (nSPS) is 17.9. The van der Waals surface area contributed by atoms with Crippen molar-refractivity contribution in [3.05, 3.63) is 29.8 Å². The molecule has 1 heterocycles. The molecule has 0 atom stereocenters. The third-order valence-corrected chi connectivity index (χ3v) is 4.06. The highest BCUT2D eigenvalue weighted by Crippen LogP contribution is 2.21. The Kier molecular flexibility index (Phi) is 6.40. The van der Waals surface area contributed by atoms with E-state index >= 15 is 0 Å². The number of amides is 1. The summed E-state index contributed by atoms with van der Waals surface area (Å²) in [7, 11) is 0. The number of anilines is 1. The first-order valence-corrected chi connectivity index (χ1v) is 8.37. The summed E-state index contributed by atoms with van der Waals surface area (Å²) in [5.74, 6) is 0.799. The molecule has 1 aromatic carbocycles. The molecule has 122 valence electrons. The van der Waals surface area contributed by atoms with Crippen LogP contribution in [0.5, 0.6) is 0 Å². The molecular weight excluding hydrogens is 274 g/mol. The lowest BCUT2D eigenvalue weighted by Gasteiger charge is -2.26. The second-order valence-electron chi connectivity index (χ2n) is 6.52. The van der Waals surface area contributed by atoms with Gasteiger partial charge in [-0.2, -0.15) is 0 Å². The number of hydrogen-bond donors (Lipinski definition) is 1. The van der Waals surface area contributed by atoms with Gasteiger partial charge in [-0.15, -0.1) is 0 Å². The van der Waals surface area contributed by atoms with Crippen LogP contribution in [0.3, 0.4) is 0 Å². The minimum atomic E-state index is 0.127. The summed E-state index contributed by atoms with van der Waals surface area (Å²) in [5.41, 5.74) is 2.26. The second kappa shape index (κ2) is 8.30. The van der Waals surface area contributed by atoms with Gasteiger partial charge in [-0.1, -0.05) is 32.0 Å². The fraction of sp³-hybridized carbons (Fsp3) is 0.611. The highest BCUT2D eigenvalue weighted by Gasteiger charge is 2.17. The number of nitrogens with zero attached hydrogens (tertiary/aromatic N) is 2. The number of nitrogens with one attached hydrogen (secondary N) is 1. The summed E-state index contributed by atoms with van der Waals surface area (Å²) in [6.45, 7) is 12.0. The second-order valence-corrected chi connectivity index (χ2v) is 6.52. The van der Waals surface area contributed by atoms with Crippen molar-refractivity contribution in [2.24, 2.45) is 5.92 Å². The number of rotatable bonds is 2. The van der Waals surface area contributed by atoms with Crippen LogP contribution in [0, 0.1) is 5.92 Å². The number of benzene rings is 1. The molecule has 0 aromatic heterocycles. The Labute approximate surface area is 134 Å². The quantitative estimate of drug-likeness (QED) is 0.912. The molecule has 1 aromatic rings. The van der Waals surface area contributed by atoms with Crippen LogP contribution in [-0.2, 0) is 11.3 Å². The standard InChI is InChI=1S/C18H29N3O/c1-15(2)14-20-10-6-11-21(16(3)22)18-8-5-4-7-17(18)13-19-9-12-20/h4-5,7-8,15,19H,6,9-14H2,1-3H3. The van der Waals surface area contributed by atoms with E-state index < -0.39 is 0 Å². The van der Waals surface area contributed by atoms with Crippen LogP contribution in [0.15, 0.2) is 24.3 Å². The van der Waals surface area contributed by atoms with Gasteiger partial charge < -0.3 is 15.1 Å². The molecule has 0 fully saturated rings. The minimum Gasteiger partial charge on any atom is -0.312 e. The van der Waals surface area contributed by atoms with Crippen molar-refractivity contribution in [1.29, 1.82) is 0 Å². The van der Waals surface area contributed by atoms with E-state index in [9.17, 15) is 4.79 Å². The number of para-hydroxylation sites is 1. The fourth-order valence-corrected chi connectivity index (χ4v) is 3.09. The number of hydrogen-bond acceptors (Lipinski definition) is 3. The summed E-state index contributed by atoms with van der Waals surface area (Å²) in [6, 6.07) is 8.23. The topological polar surface area (TPSA) is 35.6 Å². The zero-order valence-electron chi connectivity index (χ0n) is 14.1. The largest absolute Gasteiger partial charge is 0.312 e. The summed E-state index contributed by atoms with van der Waals surface area (Å²) in [6.07, 6.45) is 1.01. The SMILES string of the molecule is CC(=O)N1CCCN(CC(C)C)CCNCc2ccccc21. The van der Waals surface area contributed by atoms with E-state index in [1.807, 2.05) is 17.0 Å². The summed E-state index contributed by atoms with van der Waals surface area (Å²) in [5, 5.41) is 3.52. The molecule has 0 bridgehead atoms. The number of fused-ring (bicyclic) bond motifs is 1. The van der Waals surface area contributed by atoms with E-state index in [0.717, 1.165) is 51.4 Å². The molecule has 0 saturated carbocycles. The van der Waals surface area contributed by atoms with Crippen molar-refractivity contribution in [2.45, 2.75) is 33.7 Å². The molecule has 2 rings (SSSR count). The first-order chi connectivity index (χ1) is 10.6. The average Bonchev–Trinajstić information content (AvgIpc) is 2.50. The van der Waals surface area contributed by atoms with Gasteiger partial charge in [0.2, 0.25) is 5.91 Å². The lowest BCUT2D eigenvalue weighted by atomic mass is 10.1. The van der Waals surface area contributed by atoms with E-state index in [1.54, 1.807) is 6.92 Å². The van der Waals surface area contributed by atoms with Crippen LogP contribution in [0.25, 0.3) is 0 Å². The molecule has 1 aliphatic heterocycles. The maximum Gasteiger partial charge on any atom is 0.223 e. The Bertz CT molecular complexity index is 487. The van der Waals surface area contributed by atoms with Gasteiger partial charge in [0.25, 0.3) is 0 Å². The molecule has 4 heteroatoms. The third kappa shape index (κ3) is 4.82. The van der Waals surface area contributed by atoms with E-state index in [2.05, 4.69) is 36.2 Å². The van der Waals surface area contributed by atoms with Crippen LogP contribution in [0.4, 0.5) is 5.69 Å². The zero-order valence-corrected chi connectivity index (χ0v) is 14.1. The van der Waals surface area contributed by atoms with Gasteiger partial charge in [-0.3, -0.25) is 4.79 Å². The monoisotopic (exact) mass is 303 g/mol. The molecular formula is C18H29N3O.